The number of ether oxygens (including phenoxy) is 1. The van der Waals surface area contributed by atoms with E-state index in [1.807, 2.05) is 0 Å². The van der Waals surface area contributed by atoms with E-state index in [1.54, 1.807) is 45.0 Å². The first kappa shape index (κ1) is 17.5. The highest BCUT2D eigenvalue weighted by Crippen LogP contribution is 2.26. The Balaban J connectivity index is 2.29. The molecule has 2 aromatic rings. The van der Waals surface area contributed by atoms with Crippen LogP contribution in [0.3, 0.4) is 0 Å². The minimum atomic E-state index is -1.14. The van der Waals surface area contributed by atoms with Gasteiger partial charge in [-0.25, -0.2) is 14.0 Å². The zero-order chi connectivity index (χ0) is 17.9. The normalized spacial score (nSPS) is 11.0. The van der Waals surface area contributed by atoms with Crippen LogP contribution in [0.2, 0.25) is 0 Å². The van der Waals surface area contributed by atoms with E-state index in [2.05, 4.69) is 5.32 Å². The van der Waals surface area contributed by atoms with Crippen LogP contribution in [-0.4, -0.2) is 22.8 Å². The molecule has 0 bridgehead atoms. The number of halogens is 1. The lowest BCUT2D eigenvalue weighted by atomic mass is 10.0. The van der Waals surface area contributed by atoms with Crippen LogP contribution in [0.5, 0.6) is 0 Å². The number of carboxylic acids is 1. The van der Waals surface area contributed by atoms with E-state index in [0.717, 1.165) is 6.07 Å². The summed E-state index contributed by atoms with van der Waals surface area (Å²) >= 11 is 0. The predicted octanol–water partition coefficient (Wildman–Crippen LogP) is 4.54. The van der Waals surface area contributed by atoms with Crippen LogP contribution in [-0.2, 0) is 4.74 Å². The van der Waals surface area contributed by atoms with Crippen molar-refractivity contribution in [3.63, 3.8) is 0 Å². The van der Waals surface area contributed by atoms with Gasteiger partial charge in [-0.2, -0.15) is 0 Å². The first-order chi connectivity index (χ1) is 11.2. The molecule has 0 unspecified atom stereocenters. The number of carboxylic acid groups (broad SMARTS) is 1. The van der Waals surface area contributed by atoms with Crippen molar-refractivity contribution < 1.29 is 23.8 Å². The molecule has 2 rings (SSSR count). The summed E-state index contributed by atoms with van der Waals surface area (Å²) in [7, 11) is 0. The zero-order valence-corrected chi connectivity index (χ0v) is 13.6. The van der Waals surface area contributed by atoms with E-state index in [1.165, 1.54) is 12.1 Å². The molecule has 0 saturated heterocycles. The highest BCUT2D eigenvalue weighted by molar-refractivity contribution is 5.90. The molecule has 0 radical (unpaired) electrons. The van der Waals surface area contributed by atoms with Crippen molar-refractivity contribution in [3.05, 3.63) is 53.8 Å². The number of hydrogen-bond donors (Lipinski definition) is 2. The first-order valence-corrected chi connectivity index (χ1v) is 7.29. The Hall–Kier alpha value is -2.89. The van der Waals surface area contributed by atoms with Crippen molar-refractivity contribution in [2.24, 2.45) is 0 Å². The number of aromatic carboxylic acids is 1. The summed E-state index contributed by atoms with van der Waals surface area (Å²) in [5.41, 5.74) is 0.356. The molecule has 0 aliphatic carbocycles. The molecule has 2 aromatic carbocycles. The Morgan fingerprint density at radius 2 is 1.83 bits per heavy atom. The van der Waals surface area contributed by atoms with Crippen LogP contribution >= 0.6 is 0 Å². The summed E-state index contributed by atoms with van der Waals surface area (Å²) in [6.07, 6.45) is -0.626. The maximum absolute atomic E-state index is 14.0. The molecule has 0 atom stereocenters. The van der Waals surface area contributed by atoms with Crippen LogP contribution in [0.4, 0.5) is 14.9 Å². The SMILES string of the molecule is CC(C)(C)OC(=O)Nc1cccc(-c2cc(C(=O)O)ccc2F)c1. The minimum Gasteiger partial charge on any atom is -0.478 e. The van der Waals surface area contributed by atoms with Gasteiger partial charge in [-0.3, -0.25) is 5.32 Å². The van der Waals surface area contributed by atoms with Gasteiger partial charge < -0.3 is 9.84 Å². The zero-order valence-electron chi connectivity index (χ0n) is 13.6. The topological polar surface area (TPSA) is 75.6 Å². The van der Waals surface area contributed by atoms with Gasteiger partial charge >= 0.3 is 12.1 Å². The fourth-order valence-electron chi connectivity index (χ4n) is 2.07. The average molecular weight is 331 g/mol. The third-order valence-electron chi connectivity index (χ3n) is 3.03. The van der Waals surface area contributed by atoms with Gasteiger partial charge in [-0.1, -0.05) is 12.1 Å². The lowest BCUT2D eigenvalue weighted by Crippen LogP contribution is -2.27. The second-order valence-electron chi connectivity index (χ2n) is 6.21. The summed E-state index contributed by atoms with van der Waals surface area (Å²) in [5, 5.41) is 11.6. The van der Waals surface area contributed by atoms with Crippen molar-refractivity contribution in [3.8, 4) is 11.1 Å². The Labute approximate surface area is 139 Å². The van der Waals surface area contributed by atoms with E-state index >= 15 is 0 Å². The van der Waals surface area contributed by atoms with Crippen molar-refractivity contribution in [1.29, 1.82) is 0 Å². The number of benzene rings is 2. The molecule has 0 fully saturated rings. The molecule has 0 saturated carbocycles. The number of rotatable bonds is 3. The molecule has 5 nitrogen and oxygen atoms in total. The summed E-state index contributed by atoms with van der Waals surface area (Å²) in [6, 6.07) is 10.0. The van der Waals surface area contributed by atoms with Crippen molar-refractivity contribution in [1.82, 2.24) is 0 Å². The van der Waals surface area contributed by atoms with Crippen LogP contribution in [0.25, 0.3) is 11.1 Å². The van der Waals surface area contributed by atoms with E-state index in [4.69, 9.17) is 9.84 Å². The number of carbonyl (C=O) groups excluding carboxylic acids is 1. The number of anilines is 1. The van der Waals surface area contributed by atoms with Gasteiger partial charge in [0.1, 0.15) is 11.4 Å². The molecule has 0 spiro atoms. The predicted molar refractivity (Wildman–Crippen MR) is 88.7 cm³/mol. The van der Waals surface area contributed by atoms with Gasteiger partial charge in [0.15, 0.2) is 0 Å². The fourth-order valence-corrected chi connectivity index (χ4v) is 2.07. The third kappa shape index (κ3) is 4.55. The lowest BCUT2D eigenvalue weighted by Gasteiger charge is -2.19. The number of carbonyl (C=O) groups is 2. The molecule has 2 N–H and O–H groups in total. The van der Waals surface area contributed by atoms with E-state index < -0.39 is 23.5 Å². The standard InChI is InChI=1S/C18H18FNO4/c1-18(2,3)24-17(23)20-13-6-4-5-11(9-13)14-10-12(16(21)22)7-8-15(14)19/h4-10H,1-3H3,(H,20,23)(H,21,22). The van der Waals surface area contributed by atoms with Crippen molar-refractivity contribution in [2.45, 2.75) is 26.4 Å². The lowest BCUT2D eigenvalue weighted by molar-refractivity contribution is 0.0634. The van der Waals surface area contributed by atoms with Gasteiger partial charge in [-0.15, -0.1) is 0 Å². The van der Waals surface area contributed by atoms with Gasteiger partial charge in [0.2, 0.25) is 0 Å². The Morgan fingerprint density at radius 3 is 2.46 bits per heavy atom. The quantitative estimate of drug-likeness (QED) is 0.866. The maximum atomic E-state index is 14.0. The molecule has 0 aliphatic heterocycles. The monoisotopic (exact) mass is 331 g/mol. The average Bonchev–Trinajstić information content (AvgIpc) is 2.45. The third-order valence-corrected chi connectivity index (χ3v) is 3.03. The van der Waals surface area contributed by atoms with Gasteiger partial charge in [-0.05, 0) is 56.7 Å². The van der Waals surface area contributed by atoms with Crippen molar-refractivity contribution >= 4 is 17.7 Å². The molecule has 0 aromatic heterocycles. The molecule has 24 heavy (non-hydrogen) atoms. The number of amides is 1. The summed E-state index contributed by atoms with van der Waals surface area (Å²) < 4.78 is 19.2. The highest BCUT2D eigenvalue weighted by Gasteiger charge is 2.16. The smallest absolute Gasteiger partial charge is 0.412 e. The van der Waals surface area contributed by atoms with Crippen LogP contribution in [0, 0.1) is 5.82 Å². The van der Waals surface area contributed by atoms with Crippen LogP contribution in [0.15, 0.2) is 42.5 Å². The molecule has 0 aliphatic rings. The molecule has 126 valence electrons. The van der Waals surface area contributed by atoms with Crippen LogP contribution < -0.4 is 5.32 Å². The Kier molecular flexibility index (Phi) is 4.87. The summed E-state index contributed by atoms with van der Waals surface area (Å²) in [6.45, 7) is 5.24. The van der Waals surface area contributed by atoms with Gasteiger partial charge in [0.05, 0.1) is 5.56 Å². The molecule has 6 heteroatoms. The van der Waals surface area contributed by atoms with E-state index in [9.17, 15) is 14.0 Å². The Bertz CT molecular complexity index is 781. The second kappa shape index (κ2) is 6.70. The fraction of sp³-hybridized carbons (Fsp3) is 0.222. The Morgan fingerprint density at radius 1 is 1.12 bits per heavy atom. The van der Waals surface area contributed by atoms with E-state index in [-0.39, 0.29) is 11.1 Å². The molecular formula is C18H18FNO4. The van der Waals surface area contributed by atoms with Crippen LogP contribution in [0.1, 0.15) is 31.1 Å². The molecule has 0 heterocycles. The van der Waals surface area contributed by atoms with Gasteiger partial charge in [0, 0.05) is 11.3 Å². The highest BCUT2D eigenvalue weighted by atomic mass is 19.1. The van der Waals surface area contributed by atoms with E-state index in [0.29, 0.717) is 11.3 Å². The van der Waals surface area contributed by atoms with Gasteiger partial charge in [0.25, 0.3) is 0 Å². The second-order valence-corrected chi connectivity index (χ2v) is 6.21. The number of hydrogen-bond acceptors (Lipinski definition) is 3. The first-order valence-electron chi connectivity index (χ1n) is 7.29. The summed E-state index contributed by atoms with van der Waals surface area (Å²) in [5.74, 6) is -1.69. The summed E-state index contributed by atoms with van der Waals surface area (Å²) in [4.78, 5) is 22.8. The van der Waals surface area contributed by atoms with Crippen molar-refractivity contribution in [2.75, 3.05) is 5.32 Å². The molecule has 1 amide bonds. The minimum absolute atomic E-state index is 0.0168. The number of nitrogens with one attached hydrogen (secondary N) is 1. The largest absolute Gasteiger partial charge is 0.478 e. The maximum Gasteiger partial charge on any atom is 0.412 e. The molecular weight excluding hydrogens is 313 g/mol.